The highest BCUT2D eigenvalue weighted by Crippen LogP contribution is 2.31. The lowest BCUT2D eigenvalue weighted by Crippen LogP contribution is -2.19. The van der Waals surface area contributed by atoms with Crippen molar-refractivity contribution >= 4 is 5.91 Å². The van der Waals surface area contributed by atoms with E-state index in [-0.39, 0.29) is 5.91 Å². The number of rotatable bonds is 4. The summed E-state index contributed by atoms with van der Waals surface area (Å²) in [5.41, 5.74) is 1.83. The number of carbonyl (C=O) groups excluding carboxylic acids is 1. The number of hydrogen-bond donors (Lipinski definition) is 1. The molecule has 2 rings (SSSR count). The molecule has 1 aliphatic rings. The summed E-state index contributed by atoms with van der Waals surface area (Å²) in [4.78, 5) is 11.7. The van der Waals surface area contributed by atoms with Crippen molar-refractivity contribution in [2.24, 2.45) is 0 Å². The smallest absolute Gasteiger partial charge is 0.254 e. The fraction of sp³-hybridized carbons (Fsp3) is 0.500. The zero-order chi connectivity index (χ0) is 12.4. The van der Waals surface area contributed by atoms with E-state index in [4.69, 9.17) is 4.74 Å². The molecule has 0 unspecified atom stereocenters. The molecule has 3 heteroatoms. The minimum Gasteiger partial charge on any atom is -0.490 e. The zero-order valence-corrected chi connectivity index (χ0v) is 10.6. The number of carbonyl (C=O) groups is 1. The first-order valence-corrected chi connectivity index (χ1v) is 6.14. The Kier molecular flexibility index (Phi) is 3.36. The quantitative estimate of drug-likeness (QED) is 0.868. The van der Waals surface area contributed by atoms with Crippen molar-refractivity contribution in [1.82, 2.24) is 5.32 Å². The van der Waals surface area contributed by atoms with E-state index in [0.29, 0.717) is 17.6 Å². The van der Waals surface area contributed by atoms with Crippen molar-refractivity contribution in [2.45, 2.75) is 38.7 Å². The zero-order valence-electron chi connectivity index (χ0n) is 10.6. The van der Waals surface area contributed by atoms with Crippen LogP contribution in [0.3, 0.4) is 0 Å². The molecule has 1 aromatic rings. The summed E-state index contributed by atoms with van der Waals surface area (Å²) >= 11 is 0. The van der Waals surface area contributed by atoms with Gasteiger partial charge in [0.1, 0.15) is 5.75 Å². The molecule has 0 saturated heterocycles. The molecule has 92 valence electrons. The molecular weight excluding hydrogens is 214 g/mol. The van der Waals surface area contributed by atoms with Crippen molar-refractivity contribution in [3.8, 4) is 5.75 Å². The molecule has 0 heterocycles. The SMILES string of the molecule is CNC(=O)c1ccc(C(C)C)cc1OC1CC1. The predicted molar refractivity (Wildman–Crippen MR) is 67.6 cm³/mol. The predicted octanol–water partition coefficient (Wildman–Crippen LogP) is 2.71. The second kappa shape index (κ2) is 4.78. The van der Waals surface area contributed by atoms with Crippen LogP contribution >= 0.6 is 0 Å². The second-order valence-electron chi connectivity index (χ2n) is 4.81. The maximum atomic E-state index is 11.7. The average molecular weight is 233 g/mol. The van der Waals surface area contributed by atoms with E-state index in [1.807, 2.05) is 18.2 Å². The normalized spacial score (nSPS) is 14.8. The molecule has 1 saturated carbocycles. The Morgan fingerprint density at radius 1 is 1.41 bits per heavy atom. The Morgan fingerprint density at radius 2 is 2.12 bits per heavy atom. The summed E-state index contributed by atoms with van der Waals surface area (Å²) in [5.74, 6) is 1.07. The van der Waals surface area contributed by atoms with Crippen LogP contribution in [0.25, 0.3) is 0 Å². The van der Waals surface area contributed by atoms with Gasteiger partial charge in [0.05, 0.1) is 11.7 Å². The Bertz CT molecular complexity index is 422. The van der Waals surface area contributed by atoms with Gasteiger partial charge in [0.25, 0.3) is 5.91 Å². The van der Waals surface area contributed by atoms with Gasteiger partial charge in [-0.15, -0.1) is 0 Å². The molecule has 3 nitrogen and oxygen atoms in total. The number of amides is 1. The number of hydrogen-bond acceptors (Lipinski definition) is 2. The molecule has 0 atom stereocenters. The minimum absolute atomic E-state index is 0.0871. The molecule has 1 N–H and O–H groups in total. The fourth-order valence-corrected chi connectivity index (χ4v) is 1.68. The highest BCUT2D eigenvalue weighted by Gasteiger charge is 2.25. The summed E-state index contributed by atoms with van der Waals surface area (Å²) in [7, 11) is 1.64. The Balaban J connectivity index is 2.32. The van der Waals surface area contributed by atoms with Gasteiger partial charge in [0.15, 0.2) is 0 Å². The standard InChI is InChI=1S/C14H19NO2/c1-9(2)10-4-7-12(14(16)15-3)13(8-10)17-11-5-6-11/h4,7-9,11H,5-6H2,1-3H3,(H,15,16). The maximum absolute atomic E-state index is 11.7. The Labute approximate surface area is 102 Å². The van der Waals surface area contributed by atoms with E-state index in [9.17, 15) is 4.79 Å². The van der Waals surface area contributed by atoms with Crippen LogP contribution in [0.5, 0.6) is 5.75 Å². The van der Waals surface area contributed by atoms with Gasteiger partial charge in [-0.3, -0.25) is 4.79 Å². The molecule has 0 spiro atoms. The first-order valence-electron chi connectivity index (χ1n) is 6.14. The molecule has 1 amide bonds. The maximum Gasteiger partial charge on any atom is 0.254 e. The molecule has 1 aromatic carbocycles. The molecule has 17 heavy (non-hydrogen) atoms. The van der Waals surface area contributed by atoms with Gasteiger partial charge in [-0.25, -0.2) is 0 Å². The number of nitrogens with one attached hydrogen (secondary N) is 1. The van der Waals surface area contributed by atoms with Gasteiger partial charge in [-0.1, -0.05) is 19.9 Å². The van der Waals surface area contributed by atoms with E-state index in [0.717, 1.165) is 18.6 Å². The number of benzene rings is 1. The molecule has 0 aliphatic heterocycles. The summed E-state index contributed by atoms with van der Waals surface area (Å²) < 4.78 is 5.81. The lowest BCUT2D eigenvalue weighted by atomic mass is 10.0. The van der Waals surface area contributed by atoms with Gasteiger partial charge in [-0.05, 0) is 36.5 Å². The Hall–Kier alpha value is -1.51. The number of ether oxygens (including phenoxy) is 1. The van der Waals surface area contributed by atoms with E-state index < -0.39 is 0 Å². The van der Waals surface area contributed by atoms with Crippen LogP contribution in [0.1, 0.15) is 48.5 Å². The summed E-state index contributed by atoms with van der Waals surface area (Å²) in [6, 6.07) is 5.84. The first-order chi connectivity index (χ1) is 8.11. The van der Waals surface area contributed by atoms with Crippen molar-refractivity contribution in [3.63, 3.8) is 0 Å². The van der Waals surface area contributed by atoms with Crippen molar-refractivity contribution in [1.29, 1.82) is 0 Å². The summed E-state index contributed by atoms with van der Waals surface area (Å²) in [6.45, 7) is 4.27. The van der Waals surface area contributed by atoms with Crippen LogP contribution < -0.4 is 10.1 Å². The van der Waals surface area contributed by atoms with E-state index in [2.05, 4.69) is 19.2 Å². The van der Waals surface area contributed by atoms with Gasteiger partial charge < -0.3 is 10.1 Å². The van der Waals surface area contributed by atoms with Crippen LogP contribution in [0.4, 0.5) is 0 Å². The monoisotopic (exact) mass is 233 g/mol. The van der Waals surface area contributed by atoms with Crippen molar-refractivity contribution in [2.75, 3.05) is 7.05 Å². The third-order valence-corrected chi connectivity index (χ3v) is 2.96. The highest BCUT2D eigenvalue weighted by atomic mass is 16.5. The van der Waals surface area contributed by atoms with Crippen LogP contribution in [0.2, 0.25) is 0 Å². The molecule has 0 radical (unpaired) electrons. The van der Waals surface area contributed by atoms with Crippen molar-refractivity contribution in [3.05, 3.63) is 29.3 Å². The molecule has 1 aliphatic carbocycles. The third kappa shape index (κ3) is 2.78. The van der Waals surface area contributed by atoms with Crippen molar-refractivity contribution < 1.29 is 9.53 Å². The molecular formula is C14H19NO2. The van der Waals surface area contributed by atoms with Gasteiger partial charge >= 0.3 is 0 Å². The lowest BCUT2D eigenvalue weighted by molar-refractivity contribution is 0.0958. The molecule has 1 fully saturated rings. The van der Waals surface area contributed by atoms with Crippen LogP contribution in [-0.2, 0) is 0 Å². The molecule has 0 aromatic heterocycles. The Morgan fingerprint density at radius 3 is 2.65 bits per heavy atom. The lowest BCUT2D eigenvalue weighted by Gasteiger charge is -2.13. The van der Waals surface area contributed by atoms with Crippen LogP contribution in [-0.4, -0.2) is 19.1 Å². The summed E-state index contributed by atoms with van der Waals surface area (Å²) in [5, 5.41) is 2.65. The average Bonchev–Trinajstić information content (AvgIpc) is 3.11. The molecule has 0 bridgehead atoms. The van der Waals surface area contributed by atoms with Gasteiger partial charge in [-0.2, -0.15) is 0 Å². The van der Waals surface area contributed by atoms with E-state index >= 15 is 0 Å². The topological polar surface area (TPSA) is 38.3 Å². The second-order valence-corrected chi connectivity index (χ2v) is 4.81. The van der Waals surface area contributed by atoms with Crippen LogP contribution in [0, 0.1) is 0 Å². The third-order valence-electron chi connectivity index (χ3n) is 2.96. The highest BCUT2D eigenvalue weighted by molar-refractivity contribution is 5.96. The minimum atomic E-state index is -0.0871. The van der Waals surface area contributed by atoms with E-state index in [1.165, 1.54) is 5.56 Å². The van der Waals surface area contributed by atoms with Crippen LogP contribution in [0.15, 0.2) is 18.2 Å². The van der Waals surface area contributed by atoms with Gasteiger partial charge in [0, 0.05) is 7.05 Å². The fourth-order valence-electron chi connectivity index (χ4n) is 1.68. The summed E-state index contributed by atoms with van der Waals surface area (Å²) in [6.07, 6.45) is 2.50. The first kappa shape index (κ1) is 12.0. The van der Waals surface area contributed by atoms with E-state index in [1.54, 1.807) is 7.05 Å². The largest absolute Gasteiger partial charge is 0.490 e. The van der Waals surface area contributed by atoms with Gasteiger partial charge in [0.2, 0.25) is 0 Å².